The third-order valence-electron chi connectivity index (χ3n) is 4.88. The predicted octanol–water partition coefficient (Wildman–Crippen LogP) is 3.57. The van der Waals surface area contributed by atoms with Crippen LogP contribution in [0.15, 0.2) is 60.7 Å². The molecule has 0 radical (unpaired) electrons. The van der Waals surface area contributed by atoms with Gasteiger partial charge in [0, 0.05) is 0 Å². The maximum atomic E-state index is 9.72. The molecular weight excluding hydrogens is 328 g/mol. The Balaban J connectivity index is 1.47. The van der Waals surface area contributed by atoms with Crippen molar-refractivity contribution in [3.8, 4) is 0 Å². The third-order valence-corrected chi connectivity index (χ3v) is 4.88. The number of aliphatic hydroxyl groups excluding tert-OH is 1. The second kappa shape index (κ2) is 9.83. The lowest BCUT2D eigenvalue weighted by molar-refractivity contribution is -0.190. The highest BCUT2D eigenvalue weighted by Gasteiger charge is 2.36. The van der Waals surface area contributed by atoms with Crippen molar-refractivity contribution in [2.45, 2.75) is 44.9 Å². The van der Waals surface area contributed by atoms with Gasteiger partial charge in [-0.2, -0.15) is 0 Å². The first kappa shape index (κ1) is 19.1. The van der Waals surface area contributed by atoms with Crippen LogP contribution in [0.4, 0.5) is 0 Å². The average molecular weight is 356 g/mol. The van der Waals surface area contributed by atoms with Crippen LogP contribution in [-0.4, -0.2) is 36.6 Å². The van der Waals surface area contributed by atoms with Gasteiger partial charge in [-0.05, 0) is 23.5 Å². The summed E-state index contributed by atoms with van der Waals surface area (Å²) in [7, 11) is 0. The molecule has 0 unspecified atom stereocenters. The minimum Gasteiger partial charge on any atom is -0.394 e. The van der Waals surface area contributed by atoms with Gasteiger partial charge in [0.25, 0.3) is 0 Å². The highest BCUT2D eigenvalue weighted by atomic mass is 16.6. The van der Waals surface area contributed by atoms with Crippen molar-refractivity contribution in [1.82, 2.24) is 0 Å². The van der Waals surface area contributed by atoms with Gasteiger partial charge >= 0.3 is 0 Å². The summed E-state index contributed by atoms with van der Waals surface area (Å²) in [6.45, 7) is 3.75. The van der Waals surface area contributed by atoms with E-state index in [-0.39, 0.29) is 24.9 Å². The van der Waals surface area contributed by atoms with Gasteiger partial charge in [0.15, 0.2) is 0 Å². The Morgan fingerprint density at radius 3 is 2.15 bits per heavy atom. The first-order valence-electron chi connectivity index (χ1n) is 9.29. The van der Waals surface area contributed by atoms with Crippen molar-refractivity contribution >= 4 is 0 Å². The molecule has 1 heterocycles. The summed E-state index contributed by atoms with van der Waals surface area (Å²) in [5.41, 5.74) is 2.28. The minimum absolute atomic E-state index is 0.0209. The third kappa shape index (κ3) is 5.39. The zero-order valence-corrected chi connectivity index (χ0v) is 15.3. The van der Waals surface area contributed by atoms with Crippen molar-refractivity contribution in [1.29, 1.82) is 0 Å². The molecule has 140 valence electrons. The molecule has 2 aromatic rings. The summed E-state index contributed by atoms with van der Waals surface area (Å²) in [6, 6.07) is 20.2. The summed E-state index contributed by atoms with van der Waals surface area (Å²) in [5.74, 6) is 0.314. The quantitative estimate of drug-likeness (QED) is 0.785. The Bertz CT molecular complexity index is 631. The highest BCUT2D eigenvalue weighted by molar-refractivity contribution is 5.14. The van der Waals surface area contributed by atoms with Crippen LogP contribution in [0.3, 0.4) is 0 Å². The van der Waals surface area contributed by atoms with E-state index in [9.17, 15) is 5.11 Å². The number of benzene rings is 2. The highest BCUT2D eigenvalue weighted by Crippen LogP contribution is 2.28. The predicted molar refractivity (Wildman–Crippen MR) is 101 cm³/mol. The fourth-order valence-corrected chi connectivity index (χ4v) is 3.30. The van der Waals surface area contributed by atoms with Crippen LogP contribution in [-0.2, 0) is 27.4 Å². The maximum Gasteiger partial charge on any atom is 0.107 e. The standard InChI is InChI=1S/C22H28O4/c1-17-12-20(25-15-19-10-6-3-7-11-19)21(13-23)26-22(17)16-24-14-18-8-4-2-5-9-18/h2-11,17,20-23H,12-16H2,1H3/t17-,20-,21+,22-/m0/s1. The van der Waals surface area contributed by atoms with E-state index < -0.39 is 0 Å². The molecule has 1 aliphatic heterocycles. The van der Waals surface area contributed by atoms with E-state index in [1.165, 1.54) is 0 Å². The zero-order valence-electron chi connectivity index (χ0n) is 15.3. The molecule has 1 fully saturated rings. The molecule has 0 aliphatic carbocycles. The van der Waals surface area contributed by atoms with E-state index in [1.54, 1.807) is 0 Å². The van der Waals surface area contributed by atoms with Crippen molar-refractivity contribution in [2.24, 2.45) is 5.92 Å². The lowest BCUT2D eigenvalue weighted by Gasteiger charge is -2.39. The summed E-state index contributed by atoms with van der Waals surface area (Å²) in [6.07, 6.45) is 0.436. The molecule has 0 spiro atoms. The molecule has 26 heavy (non-hydrogen) atoms. The average Bonchev–Trinajstić information content (AvgIpc) is 2.69. The Morgan fingerprint density at radius 1 is 0.923 bits per heavy atom. The Hall–Kier alpha value is -1.72. The van der Waals surface area contributed by atoms with Crippen LogP contribution < -0.4 is 0 Å². The van der Waals surface area contributed by atoms with Gasteiger partial charge in [-0.1, -0.05) is 67.6 Å². The SMILES string of the molecule is C[C@H]1C[C@H](OCc2ccccc2)[C@@H](CO)O[C@H]1COCc1ccccc1. The molecule has 2 aromatic carbocycles. The van der Waals surface area contributed by atoms with E-state index in [0.29, 0.717) is 25.7 Å². The fourth-order valence-electron chi connectivity index (χ4n) is 3.30. The Labute approximate surface area is 155 Å². The fraction of sp³-hybridized carbons (Fsp3) is 0.455. The van der Waals surface area contributed by atoms with E-state index in [1.807, 2.05) is 48.5 Å². The van der Waals surface area contributed by atoms with Crippen LogP contribution in [0, 0.1) is 5.92 Å². The van der Waals surface area contributed by atoms with E-state index in [2.05, 4.69) is 19.1 Å². The van der Waals surface area contributed by atoms with Crippen LogP contribution in [0.2, 0.25) is 0 Å². The van der Waals surface area contributed by atoms with Crippen LogP contribution >= 0.6 is 0 Å². The van der Waals surface area contributed by atoms with Gasteiger partial charge in [-0.25, -0.2) is 0 Å². The lowest BCUT2D eigenvalue weighted by Crippen LogP contribution is -2.48. The largest absolute Gasteiger partial charge is 0.394 e. The first-order chi connectivity index (χ1) is 12.8. The van der Waals surface area contributed by atoms with Crippen molar-refractivity contribution in [2.75, 3.05) is 13.2 Å². The molecule has 1 aliphatic rings. The van der Waals surface area contributed by atoms with Gasteiger partial charge in [-0.3, -0.25) is 0 Å². The molecule has 4 atom stereocenters. The number of rotatable bonds is 8. The van der Waals surface area contributed by atoms with Gasteiger partial charge in [0.2, 0.25) is 0 Å². The van der Waals surface area contributed by atoms with E-state index >= 15 is 0 Å². The van der Waals surface area contributed by atoms with E-state index in [4.69, 9.17) is 14.2 Å². The van der Waals surface area contributed by atoms with Crippen molar-refractivity contribution in [3.63, 3.8) is 0 Å². The van der Waals surface area contributed by atoms with Crippen LogP contribution in [0.1, 0.15) is 24.5 Å². The minimum atomic E-state index is -0.305. The van der Waals surface area contributed by atoms with E-state index in [0.717, 1.165) is 17.5 Å². The number of hydrogen-bond acceptors (Lipinski definition) is 4. The molecule has 1 N–H and O–H groups in total. The Morgan fingerprint density at radius 2 is 1.54 bits per heavy atom. The molecule has 0 saturated carbocycles. The molecule has 4 heteroatoms. The molecular formula is C22H28O4. The topological polar surface area (TPSA) is 47.9 Å². The number of aliphatic hydroxyl groups is 1. The monoisotopic (exact) mass is 356 g/mol. The summed E-state index contributed by atoms with van der Waals surface area (Å²) in [4.78, 5) is 0. The van der Waals surface area contributed by atoms with Gasteiger partial charge < -0.3 is 19.3 Å². The lowest BCUT2D eigenvalue weighted by atomic mass is 9.91. The summed E-state index contributed by atoms with van der Waals surface area (Å²) >= 11 is 0. The normalized spacial score (nSPS) is 25.9. The molecule has 4 nitrogen and oxygen atoms in total. The molecule has 3 rings (SSSR count). The number of hydrogen-bond donors (Lipinski definition) is 1. The Kier molecular flexibility index (Phi) is 7.21. The van der Waals surface area contributed by atoms with Crippen LogP contribution in [0.25, 0.3) is 0 Å². The van der Waals surface area contributed by atoms with Gasteiger partial charge in [0.05, 0.1) is 38.6 Å². The molecule has 1 saturated heterocycles. The van der Waals surface area contributed by atoms with Crippen molar-refractivity contribution < 1.29 is 19.3 Å². The summed E-state index contributed by atoms with van der Waals surface area (Å²) < 4.78 is 18.0. The van der Waals surface area contributed by atoms with Gasteiger partial charge in [0.1, 0.15) is 6.10 Å². The second-order valence-electron chi connectivity index (χ2n) is 6.94. The molecule has 0 amide bonds. The smallest absolute Gasteiger partial charge is 0.107 e. The summed E-state index contributed by atoms with van der Waals surface area (Å²) in [5, 5.41) is 9.72. The number of ether oxygens (including phenoxy) is 3. The van der Waals surface area contributed by atoms with Crippen molar-refractivity contribution in [3.05, 3.63) is 71.8 Å². The second-order valence-corrected chi connectivity index (χ2v) is 6.94. The molecule has 0 aromatic heterocycles. The van der Waals surface area contributed by atoms with Crippen LogP contribution in [0.5, 0.6) is 0 Å². The maximum absolute atomic E-state index is 9.72. The molecule has 0 bridgehead atoms. The zero-order chi connectivity index (χ0) is 18.2. The van der Waals surface area contributed by atoms with Gasteiger partial charge in [-0.15, -0.1) is 0 Å². The first-order valence-corrected chi connectivity index (χ1v) is 9.29.